The van der Waals surface area contributed by atoms with Gasteiger partial charge in [0.1, 0.15) is 0 Å². The second kappa shape index (κ2) is 6.90. The van der Waals surface area contributed by atoms with Crippen LogP contribution in [-0.4, -0.2) is 48.5 Å². The monoisotopic (exact) mass is 227 g/mol. The fraction of sp³-hybridized carbons (Fsp3) is 0.846. The largest absolute Gasteiger partial charge is 0.395 e. The lowest BCUT2D eigenvalue weighted by molar-refractivity contribution is 0.0397. The summed E-state index contributed by atoms with van der Waals surface area (Å²) in [4.78, 5) is 2.07. The molecule has 1 aliphatic rings. The van der Waals surface area contributed by atoms with E-state index in [1.165, 1.54) is 0 Å². The van der Waals surface area contributed by atoms with Gasteiger partial charge >= 0.3 is 0 Å². The van der Waals surface area contributed by atoms with Crippen molar-refractivity contribution in [3.63, 3.8) is 0 Å². The van der Waals surface area contributed by atoms with Gasteiger partial charge in [-0.3, -0.25) is 4.90 Å². The number of nitrogens with zero attached hydrogens (tertiary/aromatic N) is 1. The van der Waals surface area contributed by atoms with Gasteiger partial charge in [-0.1, -0.05) is 5.92 Å². The topological polar surface area (TPSA) is 32.7 Å². The molecule has 94 valence electrons. The van der Waals surface area contributed by atoms with Crippen LogP contribution in [0.25, 0.3) is 0 Å². The molecule has 3 heteroatoms. The molecule has 2 atom stereocenters. The van der Waals surface area contributed by atoms with Crippen molar-refractivity contribution in [3.8, 4) is 12.3 Å². The van der Waals surface area contributed by atoms with Crippen LogP contribution >= 0.6 is 0 Å². The maximum Gasteiger partial charge on any atom is 0.0713 e. The number of ether oxygens (including phenoxy) is 1. The van der Waals surface area contributed by atoms with Gasteiger partial charge in [-0.2, -0.15) is 0 Å². The van der Waals surface area contributed by atoms with E-state index in [2.05, 4.69) is 10.8 Å². The Hall–Kier alpha value is -0.560. The molecular formula is C13H25NO2. The highest BCUT2D eigenvalue weighted by molar-refractivity contribution is 5.04. The van der Waals surface area contributed by atoms with Crippen LogP contribution in [0, 0.1) is 12.3 Å². The molecule has 0 saturated carbocycles. The molecule has 1 aliphatic heterocycles. The van der Waals surface area contributed by atoms with Crippen LogP contribution in [0.3, 0.4) is 0 Å². The maximum atomic E-state index is 8.84. The van der Waals surface area contributed by atoms with E-state index in [4.69, 9.17) is 16.3 Å². The number of aliphatic hydroxyl groups excluding tert-OH is 1. The number of hydrogen-bond donors (Lipinski definition) is 1. The third-order valence-electron chi connectivity index (χ3n) is 2.86. The van der Waals surface area contributed by atoms with Crippen LogP contribution in [0.1, 0.15) is 33.6 Å². The van der Waals surface area contributed by atoms with Crippen molar-refractivity contribution >= 4 is 0 Å². The molecule has 1 heterocycles. The number of methoxy groups -OCH3 is 1. The summed E-state index contributed by atoms with van der Waals surface area (Å²) in [6.45, 7) is 6.29. The summed E-state index contributed by atoms with van der Waals surface area (Å²) >= 11 is 0. The molecule has 1 N–H and O–H groups in total. The molecule has 1 unspecified atom stereocenters. The lowest BCUT2D eigenvalue weighted by Gasteiger charge is -2.20. The van der Waals surface area contributed by atoms with E-state index in [1.54, 1.807) is 7.11 Å². The summed E-state index contributed by atoms with van der Waals surface area (Å²) in [5, 5.41) is 8.84. The fourth-order valence-corrected chi connectivity index (χ4v) is 1.43. The standard InChI is InChI=1S/C8H13NO.C5H12O/c1-3-7-4-5-8(6-10)9(7)2;1-5(2,3)6-4/h1,7-8,10H,4-6H2,2H3;1-4H3/t7?,8-;/m0./s1. The second-order valence-corrected chi connectivity index (χ2v) is 5.08. The molecule has 0 spiro atoms. The number of likely N-dealkylation sites (N-methyl/N-ethyl adjacent to an activating group) is 1. The first kappa shape index (κ1) is 15.4. The van der Waals surface area contributed by atoms with Crippen LogP contribution < -0.4 is 0 Å². The van der Waals surface area contributed by atoms with Gasteiger partial charge in [0, 0.05) is 13.2 Å². The Bertz CT molecular complexity index is 227. The molecule has 0 aromatic heterocycles. The molecule has 0 aromatic rings. The number of hydrogen-bond acceptors (Lipinski definition) is 3. The summed E-state index contributed by atoms with van der Waals surface area (Å²) in [6.07, 6.45) is 7.32. The fourth-order valence-electron chi connectivity index (χ4n) is 1.43. The van der Waals surface area contributed by atoms with E-state index >= 15 is 0 Å². The average molecular weight is 227 g/mol. The van der Waals surface area contributed by atoms with Crippen LogP contribution in [0.5, 0.6) is 0 Å². The van der Waals surface area contributed by atoms with Crippen molar-refractivity contribution in [2.75, 3.05) is 20.8 Å². The molecule has 16 heavy (non-hydrogen) atoms. The Kier molecular flexibility index (Phi) is 6.66. The van der Waals surface area contributed by atoms with Crippen LogP contribution in [-0.2, 0) is 4.74 Å². The maximum absolute atomic E-state index is 8.84. The van der Waals surface area contributed by atoms with E-state index in [0.717, 1.165) is 12.8 Å². The van der Waals surface area contributed by atoms with Gasteiger partial charge in [0.25, 0.3) is 0 Å². The van der Waals surface area contributed by atoms with Gasteiger partial charge in [0.2, 0.25) is 0 Å². The highest BCUT2D eigenvalue weighted by Crippen LogP contribution is 2.20. The lowest BCUT2D eigenvalue weighted by atomic mass is 10.2. The number of aliphatic hydroxyl groups is 1. The molecule has 0 aromatic carbocycles. The Morgan fingerprint density at radius 1 is 1.44 bits per heavy atom. The molecule has 1 fully saturated rings. The average Bonchev–Trinajstić information content (AvgIpc) is 2.58. The Labute approximate surface area is 99.8 Å². The van der Waals surface area contributed by atoms with Gasteiger partial charge < -0.3 is 9.84 Å². The number of terminal acetylenes is 1. The van der Waals surface area contributed by atoms with Crippen molar-refractivity contribution in [3.05, 3.63) is 0 Å². The minimum Gasteiger partial charge on any atom is -0.395 e. The van der Waals surface area contributed by atoms with E-state index in [9.17, 15) is 0 Å². The summed E-state index contributed by atoms with van der Waals surface area (Å²) in [6, 6.07) is 0.540. The van der Waals surface area contributed by atoms with Gasteiger partial charge in [0.15, 0.2) is 0 Å². The SMILES string of the molecule is C#CC1CC[C@@H](CO)N1C.COC(C)(C)C. The van der Waals surface area contributed by atoms with Crippen LogP contribution in [0.4, 0.5) is 0 Å². The predicted molar refractivity (Wildman–Crippen MR) is 67.3 cm³/mol. The smallest absolute Gasteiger partial charge is 0.0713 e. The van der Waals surface area contributed by atoms with Crippen LogP contribution in [0.15, 0.2) is 0 Å². The minimum absolute atomic E-state index is 0.0417. The predicted octanol–water partition coefficient (Wildman–Crippen LogP) is 1.51. The Morgan fingerprint density at radius 2 is 1.94 bits per heavy atom. The molecule has 3 nitrogen and oxygen atoms in total. The van der Waals surface area contributed by atoms with E-state index in [1.807, 2.05) is 27.8 Å². The zero-order chi connectivity index (χ0) is 12.8. The van der Waals surface area contributed by atoms with Crippen LogP contribution in [0.2, 0.25) is 0 Å². The van der Waals surface area contributed by atoms with Gasteiger partial charge in [-0.15, -0.1) is 6.42 Å². The first-order valence-corrected chi connectivity index (χ1v) is 5.69. The number of likely N-dealkylation sites (tertiary alicyclic amines) is 1. The first-order valence-electron chi connectivity index (χ1n) is 5.69. The molecule has 1 rings (SSSR count). The minimum atomic E-state index is 0.0417. The van der Waals surface area contributed by atoms with E-state index in [0.29, 0.717) is 6.04 Å². The summed E-state index contributed by atoms with van der Waals surface area (Å²) in [5.74, 6) is 2.69. The third kappa shape index (κ3) is 5.50. The second-order valence-electron chi connectivity index (χ2n) is 5.08. The quantitative estimate of drug-likeness (QED) is 0.689. The highest BCUT2D eigenvalue weighted by atomic mass is 16.5. The van der Waals surface area contributed by atoms with Crippen molar-refractivity contribution in [1.82, 2.24) is 4.90 Å². The molecule has 0 aliphatic carbocycles. The third-order valence-corrected chi connectivity index (χ3v) is 2.86. The van der Waals surface area contributed by atoms with Crippen molar-refractivity contribution in [1.29, 1.82) is 0 Å². The molecule has 0 bridgehead atoms. The van der Waals surface area contributed by atoms with E-state index in [-0.39, 0.29) is 18.2 Å². The summed E-state index contributed by atoms with van der Waals surface area (Å²) < 4.78 is 4.94. The first-order chi connectivity index (χ1) is 7.35. The normalized spacial score (nSPS) is 25.8. The van der Waals surface area contributed by atoms with Gasteiger partial charge in [-0.25, -0.2) is 0 Å². The van der Waals surface area contributed by atoms with Crippen molar-refractivity contribution < 1.29 is 9.84 Å². The Morgan fingerprint density at radius 3 is 2.12 bits per heavy atom. The zero-order valence-corrected chi connectivity index (χ0v) is 11.2. The number of rotatable bonds is 1. The van der Waals surface area contributed by atoms with Gasteiger partial charge in [0.05, 0.1) is 18.2 Å². The zero-order valence-electron chi connectivity index (χ0n) is 11.2. The van der Waals surface area contributed by atoms with Crippen molar-refractivity contribution in [2.45, 2.75) is 51.3 Å². The van der Waals surface area contributed by atoms with Crippen molar-refractivity contribution in [2.24, 2.45) is 0 Å². The summed E-state index contributed by atoms with van der Waals surface area (Å²) in [7, 11) is 3.68. The molecule has 0 radical (unpaired) electrons. The molecule has 1 saturated heterocycles. The van der Waals surface area contributed by atoms with Gasteiger partial charge in [-0.05, 0) is 40.7 Å². The lowest BCUT2D eigenvalue weighted by Crippen LogP contribution is -2.33. The molecule has 0 amide bonds. The highest BCUT2D eigenvalue weighted by Gasteiger charge is 2.27. The van der Waals surface area contributed by atoms with E-state index < -0.39 is 0 Å². The summed E-state index contributed by atoms with van der Waals surface area (Å²) in [5.41, 5.74) is 0.0417. The Balaban J connectivity index is 0.000000325. The molecular weight excluding hydrogens is 202 g/mol.